The molecule has 0 saturated heterocycles. The highest BCUT2D eigenvalue weighted by atomic mass is 16.5. The predicted octanol–water partition coefficient (Wildman–Crippen LogP) is 3.91. The highest BCUT2D eigenvalue weighted by molar-refractivity contribution is 4.56. The lowest BCUT2D eigenvalue weighted by molar-refractivity contribution is 0.0136. The lowest BCUT2D eigenvalue weighted by Crippen LogP contribution is -2.17. The third-order valence-electron chi connectivity index (χ3n) is 2.99. The summed E-state index contributed by atoms with van der Waals surface area (Å²) in [4.78, 5) is 0. The molecule has 0 aliphatic rings. The molecule has 0 spiro atoms. The van der Waals surface area contributed by atoms with Crippen LogP contribution in [0.3, 0.4) is 0 Å². The van der Waals surface area contributed by atoms with Crippen molar-refractivity contribution >= 4 is 0 Å². The molecule has 0 aromatic heterocycles. The van der Waals surface area contributed by atoms with E-state index in [1.54, 1.807) is 0 Å². The Morgan fingerprint density at radius 3 is 1.94 bits per heavy atom. The van der Waals surface area contributed by atoms with Crippen LogP contribution in [-0.4, -0.2) is 24.4 Å². The number of hydrogen-bond donors (Lipinski definition) is 1. The van der Waals surface area contributed by atoms with E-state index < -0.39 is 0 Å². The second kappa shape index (κ2) is 13.0. The van der Waals surface area contributed by atoms with Crippen LogP contribution in [0.5, 0.6) is 0 Å². The molecular weight excluding hydrogens is 200 g/mol. The van der Waals surface area contributed by atoms with Gasteiger partial charge in [-0.1, -0.05) is 58.3 Å². The van der Waals surface area contributed by atoms with Gasteiger partial charge in [0.1, 0.15) is 0 Å². The van der Waals surface area contributed by atoms with E-state index in [-0.39, 0.29) is 12.7 Å². The van der Waals surface area contributed by atoms with Crippen molar-refractivity contribution in [2.45, 2.75) is 77.7 Å². The first-order valence-electron chi connectivity index (χ1n) is 7.07. The second-order valence-electron chi connectivity index (χ2n) is 4.52. The quantitative estimate of drug-likeness (QED) is 0.515. The Bertz CT molecular complexity index is 126. The molecule has 0 heterocycles. The zero-order valence-corrected chi connectivity index (χ0v) is 11.2. The minimum Gasteiger partial charge on any atom is -0.394 e. The van der Waals surface area contributed by atoms with Gasteiger partial charge in [-0.05, 0) is 13.3 Å². The van der Waals surface area contributed by atoms with Crippen LogP contribution in [0.25, 0.3) is 0 Å². The van der Waals surface area contributed by atoms with Crippen molar-refractivity contribution in [3.63, 3.8) is 0 Å². The van der Waals surface area contributed by atoms with Gasteiger partial charge in [0, 0.05) is 6.61 Å². The van der Waals surface area contributed by atoms with E-state index in [0.29, 0.717) is 6.61 Å². The third kappa shape index (κ3) is 10.4. The molecule has 0 bridgehead atoms. The zero-order valence-electron chi connectivity index (χ0n) is 11.2. The van der Waals surface area contributed by atoms with E-state index in [2.05, 4.69) is 6.92 Å². The molecule has 0 radical (unpaired) electrons. The number of aliphatic hydroxyl groups is 1. The maximum Gasteiger partial charge on any atom is 0.0805 e. The molecule has 0 rings (SSSR count). The minimum absolute atomic E-state index is 0.0742. The first-order valence-corrected chi connectivity index (χ1v) is 7.07. The summed E-state index contributed by atoms with van der Waals surface area (Å²) < 4.78 is 5.40. The van der Waals surface area contributed by atoms with E-state index in [0.717, 1.165) is 6.42 Å². The number of aliphatic hydroxyl groups excluding tert-OH is 1. The standard InChI is InChI=1S/C14H30O2/c1-3-5-6-7-8-9-10-11-12-14(13-15)16-4-2/h14-15H,3-13H2,1-2H3/t14-/m0/s1. The van der Waals surface area contributed by atoms with Gasteiger partial charge in [-0.25, -0.2) is 0 Å². The molecule has 0 unspecified atom stereocenters. The molecule has 0 fully saturated rings. The van der Waals surface area contributed by atoms with Gasteiger partial charge in [-0.15, -0.1) is 0 Å². The van der Waals surface area contributed by atoms with E-state index >= 15 is 0 Å². The van der Waals surface area contributed by atoms with E-state index in [9.17, 15) is 0 Å². The van der Waals surface area contributed by atoms with Gasteiger partial charge in [0.15, 0.2) is 0 Å². The SMILES string of the molecule is CCCCCCCCCC[C@@H](CO)OCC. The maximum atomic E-state index is 9.03. The highest BCUT2D eigenvalue weighted by Crippen LogP contribution is 2.11. The topological polar surface area (TPSA) is 29.5 Å². The average Bonchev–Trinajstić information content (AvgIpc) is 2.31. The Balaban J connectivity index is 3.12. The van der Waals surface area contributed by atoms with Crippen molar-refractivity contribution in [1.82, 2.24) is 0 Å². The van der Waals surface area contributed by atoms with Crippen LogP contribution in [-0.2, 0) is 4.74 Å². The zero-order chi connectivity index (χ0) is 12.1. The minimum atomic E-state index is 0.0742. The summed E-state index contributed by atoms with van der Waals surface area (Å²) in [6.45, 7) is 5.12. The smallest absolute Gasteiger partial charge is 0.0805 e. The largest absolute Gasteiger partial charge is 0.394 e. The van der Waals surface area contributed by atoms with Gasteiger partial charge < -0.3 is 9.84 Å². The van der Waals surface area contributed by atoms with Gasteiger partial charge in [0.05, 0.1) is 12.7 Å². The van der Waals surface area contributed by atoms with Crippen molar-refractivity contribution in [2.24, 2.45) is 0 Å². The Hall–Kier alpha value is -0.0800. The molecule has 2 nitrogen and oxygen atoms in total. The summed E-state index contributed by atoms with van der Waals surface area (Å²) in [7, 11) is 0. The highest BCUT2D eigenvalue weighted by Gasteiger charge is 2.05. The van der Waals surface area contributed by atoms with E-state index in [4.69, 9.17) is 9.84 Å². The molecule has 0 amide bonds. The van der Waals surface area contributed by atoms with Gasteiger partial charge in [-0.3, -0.25) is 0 Å². The van der Waals surface area contributed by atoms with Crippen LogP contribution in [0.2, 0.25) is 0 Å². The summed E-state index contributed by atoms with van der Waals surface area (Å²) >= 11 is 0. The third-order valence-corrected chi connectivity index (χ3v) is 2.99. The van der Waals surface area contributed by atoms with Crippen LogP contribution >= 0.6 is 0 Å². The fourth-order valence-electron chi connectivity index (χ4n) is 1.97. The van der Waals surface area contributed by atoms with Crippen molar-refractivity contribution < 1.29 is 9.84 Å². The molecule has 0 aliphatic carbocycles. The predicted molar refractivity (Wildman–Crippen MR) is 69.7 cm³/mol. The lowest BCUT2D eigenvalue weighted by atomic mass is 10.1. The molecule has 16 heavy (non-hydrogen) atoms. The first-order chi connectivity index (χ1) is 7.85. The summed E-state index contributed by atoms with van der Waals surface area (Å²) in [5, 5.41) is 9.03. The van der Waals surface area contributed by atoms with Crippen molar-refractivity contribution in [1.29, 1.82) is 0 Å². The van der Waals surface area contributed by atoms with Gasteiger partial charge in [-0.2, -0.15) is 0 Å². The second-order valence-corrected chi connectivity index (χ2v) is 4.52. The van der Waals surface area contributed by atoms with Crippen molar-refractivity contribution in [3.05, 3.63) is 0 Å². The Kier molecular flexibility index (Phi) is 12.9. The Morgan fingerprint density at radius 1 is 0.875 bits per heavy atom. The summed E-state index contributed by atoms with van der Waals surface area (Å²) in [6.07, 6.45) is 11.8. The normalized spacial score (nSPS) is 12.9. The molecule has 0 aromatic carbocycles. The first kappa shape index (κ1) is 15.9. The molecule has 1 N–H and O–H groups in total. The Morgan fingerprint density at radius 2 is 1.44 bits per heavy atom. The van der Waals surface area contributed by atoms with Crippen LogP contribution < -0.4 is 0 Å². The fourth-order valence-corrected chi connectivity index (χ4v) is 1.97. The molecule has 2 heteroatoms. The lowest BCUT2D eigenvalue weighted by Gasteiger charge is -2.13. The summed E-state index contributed by atoms with van der Waals surface area (Å²) in [5.41, 5.74) is 0. The van der Waals surface area contributed by atoms with E-state index in [1.807, 2.05) is 6.92 Å². The number of ether oxygens (including phenoxy) is 1. The number of unbranched alkanes of at least 4 members (excludes halogenated alkanes) is 7. The van der Waals surface area contributed by atoms with Crippen LogP contribution in [0.15, 0.2) is 0 Å². The fraction of sp³-hybridized carbons (Fsp3) is 1.00. The molecular formula is C14H30O2. The molecule has 1 atom stereocenters. The molecule has 0 aliphatic heterocycles. The van der Waals surface area contributed by atoms with Crippen LogP contribution in [0.4, 0.5) is 0 Å². The summed E-state index contributed by atoms with van der Waals surface area (Å²) in [6, 6.07) is 0. The van der Waals surface area contributed by atoms with Crippen LogP contribution in [0, 0.1) is 0 Å². The number of rotatable bonds is 12. The summed E-state index contributed by atoms with van der Waals surface area (Å²) in [5.74, 6) is 0. The number of hydrogen-bond acceptors (Lipinski definition) is 2. The maximum absolute atomic E-state index is 9.03. The van der Waals surface area contributed by atoms with Gasteiger partial charge in [0.2, 0.25) is 0 Å². The monoisotopic (exact) mass is 230 g/mol. The van der Waals surface area contributed by atoms with Gasteiger partial charge in [0.25, 0.3) is 0 Å². The van der Waals surface area contributed by atoms with Crippen LogP contribution in [0.1, 0.15) is 71.6 Å². The van der Waals surface area contributed by atoms with Crippen molar-refractivity contribution in [3.8, 4) is 0 Å². The average molecular weight is 230 g/mol. The molecule has 0 saturated carbocycles. The van der Waals surface area contributed by atoms with Crippen molar-refractivity contribution in [2.75, 3.05) is 13.2 Å². The molecule has 98 valence electrons. The molecule has 0 aromatic rings. The Labute approximate surface area is 101 Å². The van der Waals surface area contributed by atoms with E-state index in [1.165, 1.54) is 51.4 Å². The van der Waals surface area contributed by atoms with Gasteiger partial charge >= 0.3 is 0 Å².